The van der Waals surface area contributed by atoms with Crippen molar-refractivity contribution in [1.29, 1.82) is 0 Å². The fourth-order valence-corrected chi connectivity index (χ4v) is 2.93. The van der Waals surface area contributed by atoms with Crippen molar-refractivity contribution in [3.05, 3.63) is 52.6 Å². The summed E-state index contributed by atoms with van der Waals surface area (Å²) in [6.07, 6.45) is 6.00. The van der Waals surface area contributed by atoms with Crippen LogP contribution < -0.4 is 4.72 Å². The number of nitrogens with one attached hydrogen (secondary N) is 1. The molecule has 0 spiro atoms. The molecule has 1 rings (SSSR count). The molecule has 0 aliphatic heterocycles. The van der Waals surface area contributed by atoms with E-state index in [-0.39, 0.29) is 0 Å². The summed E-state index contributed by atoms with van der Waals surface area (Å²) >= 11 is -2.29. The maximum Gasteiger partial charge on any atom is 0.0716 e. The van der Waals surface area contributed by atoms with Crippen LogP contribution in [0.3, 0.4) is 0 Å². The Balaban J connectivity index is 2.48. The van der Waals surface area contributed by atoms with E-state index in [4.69, 9.17) is 4.74 Å². The number of benzene rings is 1. The Morgan fingerprint density at radius 1 is 1.40 bits per heavy atom. The maximum atomic E-state index is 10.8. The first-order valence-corrected chi connectivity index (χ1v) is 9.73. The van der Waals surface area contributed by atoms with Gasteiger partial charge in [-0.15, -0.1) is 0 Å². The fourth-order valence-electron chi connectivity index (χ4n) is 2.53. The van der Waals surface area contributed by atoms with Crippen molar-refractivity contribution in [3.8, 4) is 0 Å². The Kier molecular flexibility index (Phi) is 9.71. The number of rotatable bonds is 10. The molecule has 0 saturated carbocycles. The summed E-state index contributed by atoms with van der Waals surface area (Å²) in [7, 11) is 0. The predicted molar refractivity (Wildman–Crippen MR) is 105 cm³/mol. The van der Waals surface area contributed by atoms with Gasteiger partial charge >= 0.3 is 0 Å². The lowest BCUT2D eigenvalue weighted by Gasteiger charge is -2.16. The highest BCUT2D eigenvalue weighted by Crippen LogP contribution is 2.20. The number of allylic oxidation sites excluding steroid dienone is 2. The van der Waals surface area contributed by atoms with E-state index in [0.717, 1.165) is 30.6 Å². The van der Waals surface area contributed by atoms with Crippen LogP contribution in [0.2, 0.25) is 0 Å². The molecule has 1 aromatic rings. The molecule has 0 bridgehead atoms. The van der Waals surface area contributed by atoms with Gasteiger partial charge in [-0.2, -0.15) is 0 Å². The van der Waals surface area contributed by atoms with Gasteiger partial charge in [0.05, 0.1) is 6.61 Å². The van der Waals surface area contributed by atoms with Gasteiger partial charge in [0.15, 0.2) is 0 Å². The van der Waals surface area contributed by atoms with E-state index >= 15 is 0 Å². The zero-order valence-electron chi connectivity index (χ0n) is 15.9. The summed E-state index contributed by atoms with van der Waals surface area (Å²) in [5.74, 6) is 0.463. The summed E-state index contributed by atoms with van der Waals surface area (Å²) in [6.45, 7) is 11.7. The average Bonchev–Trinajstić information content (AvgIpc) is 2.53. The lowest BCUT2D eigenvalue weighted by molar-refractivity contribution is 0.143. The smallest absolute Gasteiger partial charge is 0.0716 e. The molecular formula is C20H30NO3S-. The molecule has 0 saturated heterocycles. The van der Waals surface area contributed by atoms with Crippen molar-refractivity contribution in [2.75, 3.05) is 17.9 Å². The molecule has 0 aliphatic carbocycles. The largest absolute Gasteiger partial charge is 0.755 e. The van der Waals surface area contributed by atoms with Gasteiger partial charge in [0.25, 0.3) is 0 Å². The first-order chi connectivity index (χ1) is 11.8. The predicted octanol–water partition coefficient (Wildman–Crippen LogP) is 4.70. The first-order valence-electron chi connectivity index (χ1n) is 8.65. The van der Waals surface area contributed by atoms with Gasteiger partial charge in [0.1, 0.15) is 0 Å². The third-order valence-corrected chi connectivity index (χ3v) is 4.49. The topological polar surface area (TPSA) is 61.4 Å². The Labute approximate surface area is 154 Å². The van der Waals surface area contributed by atoms with Crippen molar-refractivity contribution >= 4 is 17.0 Å². The highest BCUT2D eigenvalue weighted by Gasteiger charge is 2.07. The number of hydrogen-bond donors (Lipinski definition) is 1. The van der Waals surface area contributed by atoms with Crippen molar-refractivity contribution in [2.24, 2.45) is 5.92 Å². The number of hydrogen-bond acceptors (Lipinski definition) is 3. The molecule has 4 nitrogen and oxygen atoms in total. The van der Waals surface area contributed by atoms with Crippen LogP contribution in [0.15, 0.2) is 41.5 Å². The highest BCUT2D eigenvalue weighted by atomic mass is 32.2. The monoisotopic (exact) mass is 364 g/mol. The second-order valence-corrected chi connectivity index (χ2v) is 7.34. The molecule has 0 aromatic heterocycles. The van der Waals surface area contributed by atoms with Crippen molar-refractivity contribution < 1.29 is 13.5 Å². The van der Waals surface area contributed by atoms with Crippen molar-refractivity contribution in [1.82, 2.24) is 0 Å². The molecule has 2 atom stereocenters. The highest BCUT2D eigenvalue weighted by molar-refractivity contribution is 7.80. The molecule has 25 heavy (non-hydrogen) atoms. The van der Waals surface area contributed by atoms with E-state index in [1.54, 1.807) is 0 Å². The van der Waals surface area contributed by atoms with E-state index in [0.29, 0.717) is 18.2 Å². The molecule has 1 N–H and O–H groups in total. The molecule has 0 fully saturated rings. The zero-order valence-corrected chi connectivity index (χ0v) is 16.7. The van der Waals surface area contributed by atoms with Crippen LogP contribution >= 0.6 is 0 Å². The van der Waals surface area contributed by atoms with Gasteiger partial charge in [-0.25, -0.2) is 0 Å². The normalized spacial score (nSPS) is 13.7. The van der Waals surface area contributed by atoms with E-state index < -0.39 is 11.3 Å². The minimum atomic E-state index is -2.29. The van der Waals surface area contributed by atoms with Gasteiger partial charge < -0.3 is 14.0 Å². The van der Waals surface area contributed by atoms with Crippen LogP contribution in [-0.2, 0) is 22.4 Å². The maximum absolute atomic E-state index is 10.8. The van der Waals surface area contributed by atoms with Crippen LogP contribution in [0.5, 0.6) is 0 Å². The first kappa shape index (κ1) is 21.6. The van der Waals surface area contributed by atoms with Gasteiger partial charge in [0, 0.05) is 23.6 Å². The quantitative estimate of drug-likeness (QED) is 0.372. The Morgan fingerprint density at radius 3 is 2.72 bits per heavy atom. The van der Waals surface area contributed by atoms with Crippen molar-refractivity contribution in [3.63, 3.8) is 0 Å². The fraction of sp³-hybridized carbons (Fsp3) is 0.500. The van der Waals surface area contributed by atoms with Crippen molar-refractivity contribution in [2.45, 2.75) is 47.5 Å². The van der Waals surface area contributed by atoms with Gasteiger partial charge in [-0.1, -0.05) is 36.8 Å². The van der Waals surface area contributed by atoms with E-state index in [1.165, 1.54) is 11.1 Å². The van der Waals surface area contributed by atoms with Crippen LogP contribution in [0.1, 0.15) is 45.2 Å². The molecule has 0 heterocycles. The third-order valence-electron chi connectivity index (χ3n) is 4.10. The lowest BCUT2D eigenvalue weighted by Crippen LogP contribution is -2.08. The second kappa shape index (κ2) is 11.2. The average molecular weight is 365 g/mol. The number of aryl methyl sites for hydroxylation is 1. The Hall–Kier alpha value is -1.43. The van der Waals surface area contributed by atoms with Gasteiger partial charge in [-0.3, -0.25) is 4.21 Å². The standard InChI is InChI=1S/C20H31NO3S/c1-6-7-19(15(2)3)14-24-11-10-16(4)12-18-9-8-17(5)20(13-18)21-25(22)23/h6-9,13,16,21H,10-12,14H2,1-5H3,(H,22,23)/p-1/b7-6-. The lowest BCUT2D eigenvalue weighted by atomic mass is 9.97. The van der Waals surface area contributed by atoms with E-state index in [2.05, 4.69) is 37.6 Å². The summed E-state index contributed by atoms with van der Waals surface area (Å²) in [4.78, 5) is 0. The second-order valence-electron chi connectivity index (χ2n) is 6.66. The molecule has 5 heteroatoms. The molecule has 0 aliphatic rings. The molecule has 0 amide bonds. The number of ether oxygens (including phenoxy) is 1. The Morgan fingerprint density at radius 2 is 2.12 bits per heavy atom. The van der Waals surface area contributed by atoms with Crippen LogP contribution in [0.4, 0.5) is 5.69 Å². The van der Waals surface area contributed by atoms with Gasteiger partial charge in [-0.05, 0) is 69.2 Å². The zero-order chi connectivity index (χ0) is 18.8. The minimum absolute atomic E-state index is 0.463. The summed E-state index contributed by atoms with van der Waals surface area (Å²) in [5.41, 5.74) is 5.21. The summed E-state index contributed by atoms with van der Waals surface area (Å²) in [5, 5.41) is 0. The summed E-state index contributed by atoms with van der Waals surface area (Å²) in [6, 6.07) is 5.92. The molecule has 140 valence electrons. The SMILES string of the molecule is C/C=C\C(COCCC(C)Cc1ccc(C)c(NS(=O)[O-])c1)=C(C)C. The number of anilines is 1. The van der Waals surface area contributed by atoms with Crippen LogP contribution in [0.25, 0.3) is 0 Å². The Bertz CT molecular complexity index is 634. The minimum Gasteiger partial charge on any atom is -0.755 e. The molecule has 2 unspecified atom stereocenters. The molecular weight excluding hydrogens is 334 g/mol. The van der Waals surface area contributed by atoms with Gasteiger partial charge in [0.2, 0.25) is 0 Å². The van der Waals surface area contributed by atoms with E-state index in [1.807, 2.05) is 32.1 Å². The molecule has 0 radical (unpaired) electrons. The van der Waals surface area contributed by atoms with E-state index in [9.17, 15) is 8.76 Å². The van der Waals surface area contributed by atoms with Crippen LogP contribution in [0, 0.1) is 12.8 Å². The molecule has 1 aromatic carbocycles. The van der Waals surface area contributed by atoms with Crippen LogP contribution in [-0.4, -0.2) is 22.0 Å². The third kappa shape index (κ3) is 8.47. The summed E-state index contributed by atoms with van der Waals surface area (Å²) < 4.78 is 29.9.